The summed E-state index contributed by atoms with van der Waals surface area (Å²) >= 11 is 0. The Kier molecular flexibility index (Phi) is 4.36. The summed E-state index contributed by atoms with van der Waals surface area (Å²) in [5, 5.41) is 0. The van der Waals surface area contributed by atoms with E-state index in [1.165, 1.54) is 12.1 Å². The zero-order valence-electron chi connectivity index (χ0n) is 14.5. The first kappa shape index (κ1) is 16.7. The van der Waals surface area contributed by atoms with Crippen LogP contribution in [0.25, 0.3) is 0 Å². The quantitative estimate of drug-likeness (QED) is 0.784. The minimum absolute atomic E-state index is 0.0205. The van der Waals surface area contributed by atoms with Crippen LogP contribution in [0.5, 0.6) is 0 Å². The zero-order valence-corrected chi connectivity index (χ0v) is 14.5. The predicted octanol–water partition coefficient (Wildman–Crippen LogP) is 3.32. The average Bonchev–Trinajstić information content (AvgIpc) is 3.03. The van der Waals surface area contributed by atoms with E-state index in [0.29, 0.717) is 24.4 Å². The van der Waals surface area contributed by atoms with Gasteiger partial charge in [0.15, 0.2) is 0 Å². The second-order valence-electron chi connectivity index (χ2n) is 7.48. The van der Waals surface area contributed by atoms with Crippen LogP contribution in [0.15, 0.2) is 30.4 Å². The molecule has 5 rings (SSSR count). The van der Waals surface area contributed by atoms with E-state index in [2.05, 4.69) is 4.90 Å². The highest BCUT2D eigenvalue weighted by Gasteiger charge is 2.54. The number of rotatable bonds is 3. The number of nitrogens with zero attached hydrogens (tertiary/aromatic N) is 2. The van der Waals surface area contributed by atoms with Crippen LogP contribution in [0.2, 0.25) is 0 Å². The molecule has 0 spiro atoms. The molecule has 4 fully saturated rings. The van der Waals surface area contributed by atoms with Gasteiger partial charge >= 0.3 is 0 Å². The molecular formula is C20H24F2N2O. The summed E-state index contributed by atoms with van der Waals surface area (Å²) in [4.78, 5) is 17.2. The zero-order chi connectivity index (χ0) is 17.6. The van der Waals surface area contributed by atoms with E-state index in [1.54, 1.807) is 0 Å². The van der Waals surface area contributed by atoms with E-state index in [1.807, 2.05) is 24.0 Å². The summed E-state index contributed by atoms with van der Waals surface area (Å²) in [7, 11) is 0. The largest absolute Gasteiger partial charge is 0.337 e. The van der Waals surface area contributed by atoms with Gasteiger partial charge in [-0.05, 0) is 56.5 Å². The van der Waals surface area contributed by atoms with Crippen molar-refractivity contribution in [1.29, 1.82) is 0 Å². The summed E-state index contributed by atoms with van der Waals surface area (Å²) in [6, 6.07) is 4.15. The third-order valence-electron chi connectivity index (χ3n) is 6.16. The molecule has 0 saturated carbocycles. The Balaban J connectivity index is 1.69. The van der Waals surface area contributed by atoms with E-state index in [0.717, 1.165) is 32.0 Å². The molecule has 134 valence electrons. The van der Waals surface area contributed by atoms with E-state index in [9.17, 15) is 13.6 Å². The van der Waals surface area contributed by atoms with Crippen molar-refractivity contribution in [3.63, 3.8) is 0 Å². The van der Waals surface area contributed by atoms with Crippen molar-refractivity contribution in [1.82, 2.24) is 9.80 Å². The highest BCUT2D eigenvalue weighted by molar-refractivity contribution is 5.79. The predicted molar refractivity (Wildman–Crippen MR) is 92.1 cm³/mol. The normalized spacial score (nSPS) is 33.9. The van der Waals surface area contributed by atoms with Gasteiger partial charge in [0.25, 0.3) is 0 Å². The molecule has 4 aliphatic rings. The Morgan fingerprint density at radius 1 is 1.16 bits per heavy atom. The highest BCUT2D eigenvalue weighted by Crippen LogP contribution is 2.46. The van der Waals surface area contributed by atoms with Gasteiger partial charge in [-0.2, -0.15) is 0 Å². The average molecular weight is 346 g/mol. The van der Waals surface area contributed by atoms with Crippen LogP contribution in [0.4, 0.5) is 8.78 Å². The number of amides is 1. The smallest absolute Gasteiger partial charge is 0.226 e. The number of benzene rings is 1. The molecule has 0 N–H and O–H groups in total. The molecule has 3 nitrogen and oxygen atoms in total. The van der Waals surface area contributed by atoms with Gasteiger partial charge in [-0.1, -0.05) is 12.2 Å². The molecule has 0 aromatic heterocycles. The molecular weight excluding hydrogens is 322 g/mol. The monoisotopic (exact) mass is 346 g/mol. The van der Waals surface area contributed by atoms with Crippen molar-refractivity contribution < 1.29 is 13.6 Å². The first-order valence-electron chi connectivity index (χ1n) is 9.19. The van der Waals surface area contributed by atoms with Crippen molar-refractivity contribution in [3.05, 3.63) is 47.5 Å². The molecule has 25 heavy (non-hydrogen) atoms. The molecule has 5 heteroatoms. The molecule has 1 aromatic rings. The van der Waals surface area contributed by atoms with Gasteiger partial charge in [0.1, 0.15) is 11.6 Å². The number of carbonyl (C=O) groups excluding carboxylic acids is 1. The Morgan fingerprint density at radius 3 is 2.48 bits per heavy atom. The molecule has 0 unspecified atom stereocenters. The molecule has 4 saturated heterocycles. The first-order chi connectivity index (χ1) is 12.1. The first-order valence-corrected chi connectivity index (χ1v) is 9.19. The number of halogens is 2. The Hall–Kier alpha value is -1.75. The van der Waals surface area contributed by atoms with Gasteiger partial charge < -0.3 is 4.90 Å². The van der Waals surface area contributed by atoms with Crippen LogP contribution in [0, 0.1) is 17.6 Å². The lowest BCUT2D eigenvalue weighted by molar-refractivity contribution is -0.135. The lowest BCUT2D eigenvalue weighted by Gasteiger charge is -2.51. The van der Waals surface area contributed by atoms with Crippen LogP contribution in [-0.4, -0.2) is 47.4 Å². The van der Waals surface area contributed by atoms with Crippen molar-refractivity contribution in [2.75, 3.05) is 19.6 Å². The van der Waals surface area contributed by atoms with E-state index < -0.39 is 11.6 Å². The van der Waals surface area contributed by atoms with Crippen LogP contribution in [0.1, 0.15) is 37.7 Å². The van der Waals surface area contributed by atoms with E-state index >= 15 is 0 Å². The molecule has 1 amide bonds. The fourth-order valence-electron chi connectivity index (χ4n) is 5.12. The maximum Gasteiger partial charge on any atom is 0.226 e. The van der Waals surface area contributed by atoms with Crippen LogP contribution in [-0.2, 0) is 4.79 Å². The van der Waals surface area contributed by atoms with Crippen LogP contribution >= 0.6 is 0 Å². The molecule has 4 heterocycles. The van der Waals surface area contributed by atoms with E-state index in [-0.39, 0.29) is 23.9 Å². The molecule has 4 aliphatic heterocycles. The molecule has 1 aromatic carbocycles. The number of hydrogen-bond donors (Lipinski definition) is 0. The maximum absolute atomic E-state index is 13.8. The fraction of sp³-hybridized carbons (Fsp3) is 0.550. The van der Waals surface area contributed by atoms with Crippen molar-refractivity contribution in [2.24, 2.45) is 5.92 Å². The third-order valence-corrected chi connectivity index (χ3v) is 6.16. The number of piperidine rings is 3. The van der Waals surface area contributed by atoms with Crippen molar-refractivity contribution >= 4 is 5.91 Å². The summed E-state index contributed by atoms with van der Waals surface area (Å²) in [5.74, 6) is -0.468. The second-order valence-corrected chi connectivity index (χ2v) is 7.48. The number of hydrogen-bond acceptors (Lipinski definition) is 2. The summed E-state index contributed by atoms with van der Waals surface area (Å²) in [6.07, 6.45) is 6.39. The Bertz CT molecular complexity index is 677. The lowest BCUT2D eigenvalue weighted by Crippen LogP contribution is -2.60. The second kappa shape index (κ2) is 6.52. The summed E-state index contributed by atoms with van der Waals surface area (Å²) in [6.45, 7) is 4.52. The minimum atomic E-state index is -0.541. The van der Waals surface area contributed by atoms with Gasteiger partial charge in [0, 0.05) is 31.0 Å². The lowest BCUT2D eigenvalue weighted by atomic mass is 9.75. The van der Waals surface area contributed by atoms with Gasteiger partial charge in [0.05, 0.1) is 6.04 Å². The number of allylic oxidation sites excluding steroid dienone is 1. The number of likely N-dealkylation sites (tertiary alicyclic amines) is 1. The summed E-state index contributed by atoms with van der Waals surface area (Å²) in [5.41, 5.74) is 0.682. The fourth-order valence-corrected chi connectivity index (χ4v) is 5.12. The van der Waals surface area contributed by atoms with Crippen LogP contribution < -0.4 is 0 Å². The Labute approximate surface area is 147 Å². The molecule has 0 aliphatic carbocycles. The van der Waals surface area contributed by atoms with Crippen molar-refractivity contribution in [2.45, 2.75) is 44.2 Å². The van der Waals surface area contributed by atoms with Crippen LogP contribution in [0.3, 0.4) is 0 Å². The minimum Gasteiger partial charge on any atom is -0.337 e. The van der Waals surface area contributed by atoms with Gasteiger partial charge in [-0.25, -0.2) is 8.78 Å². The molecule has 0 radical (unpaired) electrons. The van der Waals surface area contributed by atoms with Gasteiger partial charge in [-0.15, -0.1) is 0 Å². The SMILES string of the molecule is CC=CCC(=O)N1C[C@@H](c2cc(F)cc(F)c2)[C@@H]2[C@H]1C1CCN2CC1. The maximum atomic E-state index is 13.8. The molecule has 2 bridgehead atoms. The van der Waals surface area contributed by atoms with E-state index in [4.69, 9.17) is 0 Å². The Morgan fingerprint density at radius 2 is 1.84 bits per heavy atom. The topological polar surface area (TPSA) is 23.6 Å². The summed E-state index contributed by atoms with van der Waals surface area (Å²) < 4.78 is 27.5. The van der Waals surface area contributed by atoms with Gasteiger partial charge in [-0.3, -0.25) is 9.69 Å². The number of carbonyl (C=O) groups is 1. The standard InChI is InChI=1S/C20H24F2N2O/c1-2-3-4-18(25)24-12-17(14-9-15(21)11-16(22)10-14)20-19(24)13-5-7-23(20)8-6-13/h2-3,9-11,13,17,19-20H,4-8,12H2,1H3/t17-,19+,20+/m0/s1. The third kappa shape index (κ3) is 2.88. The number of fused-ring (bicyclic) bond motifs is 2. The molecule has 3 atom stereocenters. The highest BCUT2D eigenvalue weighted by atomic mass is 19.1. The van der Waals surface area contributed by atoms with Gasteiger partial charge in [0.2, 0.25) is 5.91 Å². The van der Waals surface area contributed by atoms with Crippen molar-refractivity contribution in [3.8, 4) is 0 Å².